The highest BCUT2D eigenvalue weighted by Crippen LogP contribution is 2.14. The summed E-state index contributed by atoms with van der Waals surface area (Å²) in [6, 6.07) is 8.08. The number of thioether (sulfide) groups is 1. The molecule has 0 fully saturated rings. The third-order valence-electron chi connectivity index (χ3n) is 2.81. The maximum atomic E-state index is 11.6. The van der Waals surface area contributed by atoms with E-state index in [2.05, 4.69) is 5.32 Å². The molecule has 0 aliphatic heterocycles. The summed E-state index contributed by atoms with van der Waals surface area (Å²) >= 11 is 1.69. The van der Waals surface area contributed by atoms with Gasteiger partial charge in [-0.25, -0.2) is 0 Å². The molecule has 1 aromatic carbocycles. The van der Waals surface area contributed by atoms with Gasteiger partial charge in [-0.05, 0) is 29.9 Å². The van der Waals surface area contributed by atoms with Gasteiger partial charge in [-0.3, -0.25) is 4.79 Å². The first-order valence-corrected chi connectivity index (χ1v) is 7.33. The first kappa shape index (κ1) is 15.1. The quantitative estimate of drug-likeness (QED) is 0.778. The smallest absolute Gasteiger partial charge is 0.222 e. The van der Waals surface area contributed by atoms with E-state index in [0.717, 1.165) is 5.56 Å². The van der Waals surface area contributed by atoms with Crippen LogP contribution in [0.15, 0.2) is 29.2 Å². The van der Waals surface area contributed by atoms with Gasteiger partial charge in [0.2, 0.25) is 5.91 Å². The third kappa shape index (κ3) is 5.10. The minimum absolute atomic E-state index is 0.106. The molecule has 1 atom stereocenters. The molecule has 1 aromatic rings. The lowest BCUT2D eigenvalue weighted by Gasteiger charge is -2.14. The average Bonchev–Trinajstić information content (AvgIpc) is 2.36. The van der Waals surface area contributed by atoms with Gasteiger partial charge >= 0.3 is 0 Å². The Labute approximate surface area is 113 Å². The van der Waals surface area contributed by atoms with E-state index in [4.69, 9.17) is 0 Å². The second kappa shape index (κ2) is 7.44. The van der Waals surface area contributed by atoms with Crippen molar-refractivity contribution in [2.24, 2.45) is 5.92 Å². The fourth-order valence-corrected chi connectivity index (χ4v) is 1.85. The topological polar surface area (TPSA) is 49.3 Å². The SMILES string of the molecule is CSc1ccc(CNC(=O)CC(O)C(C)C)cc1. The molecule has 0 saturated carbocycles. The molecule has 1 rings (SSSR count). The zero-order chi connectivity index (χ0) is 13.5. The molecule has 1 amide bonds. The largest absolute Gasteiger partial charge is 0.392 e. The van der Waals surface area contributed by atoms with Crippen LogP contribution in [0.25, 0.3) is 0 Å². The molecule has 0 aromatic heterocycles. The Kier molecular flexibility index (Phi) is 6.22. The van der Waals surface area contributed by atoms with Crippen molar-refractivity contribution in [2.45, 2.75) is 37.8 Å². The van der Waals surface area contributed by atoms with Gasteiger partial charge in [-0.2, -0.15) is 0 Å². The highest BCUT2D eigenvalue weighted by molar-refractivity contribution is 7.98. The number of nitrogens with one attached hydrogen (secondary N) is 1. The number of benzene rings is 1. The van der Waals surface area contributed by atoms with E-state index in [9.17, 15) is 9.90 Å². The van der Waals surface area contributed by atoms with Crippen molar-refractivity contribution in [1.82, 2.24) is 5.32 Å². The summed E-state index contributed by atoms with van der Waals surface area (Å²) in [5.41, 5.74) is 1.07. The van der Waals surface area contributed by atoms with Gasteiger partial charge in [0.15, 0.2) is 0 Å². The van der Waals surface area contributed by atoms with E-state index in [1.165, 1.54) is 4.90 Å². The summed E-state index contributed by atoms with van der Waals surface area (Å²) in [6.45, 7) is 4.32. The molecular formula is C14H21NO2S. The molecule has 0 heterocycles. The number of rotatable bonds is 6. The fraction of sp³-hybridized carbons (Fsp3) is 0.500. The minimum Gasteiger partial charge on any atom is -0.392 e. The monoisotopic (exact) mass is 267 g/mol. The Balaban J connectivity index is 2.37. The van der Waals surface area contributed by atoms with Crippen molar-refractivity contribution in [2.75, 3.05) is 6.26 Å². The lowest BCUT2D eigenvalue weighted by molar-refractivity contribution is -0.123. The molecule has 18 heavy (non-hydrogen) atoms. The second-order valence-electron chi connectivity index (χ2n) is 4.64. The molecule has 0 saturated heterocycles. The van der Waals surface area contributed by atoms with Gasteiger partial charge in [0.05, 0.1) is 12.5 Å². The molecule has 0 bridgehead atoms. The number of aliphatic hydroxyl groups is 1. The highest BCUT2D eigenvalue weighted by Gasteiger charge is 2.13. The molecule has 3 nitrogen and oxygen atoms in total. The number of hydrogen-bond donors (Lipinski definition) is 2. The summed E-state index contributed by atoms with van der Waals surface area (Å²) in [5.74, 6) is 0.00163. The van der Waals surface area contributed by atoms with Crippen LogP contribution in [0.5, 0.6) is 0 Å². The van der Waals surface area contributed by atoms with E-state index in [0.29, 0.717) is 6.54 Å². The van der Waals surface area contributed by atoms with Gasteiger partial charge in [0.1, 0.15) is 0 Å². The van der Waals surface area contributed by atoms with Crippen LogP contribution in [-0.4, -0.2) is 23.4 Å². The fourth-order valence-electron chi connectivity index (χ4n) is 1.44. The lowest BCUT2D eigenvalue weighted by Crippen LogP contribution is -2.29. The zero-order valence-electron chi connectivity index (χ0n) is 11.1. The van der Waals surface area contributed by atoms with Crippen molar-refractivity contribution in [1.29, 1.82) is 0 Å². The van der Waals surface area contributed by atoms with Gasteiger partial charge in [-0.1, -0.05) is 26.0 Å². The zero-order valence-corrected chi connectivity index (χ0v) is 12.0. The Hall–Kier alpha value is -1.00. The van der Waals surface area contributed by atoms with Crippen molar-refractivity contribution in [3.05, 3.63) is 29.8 Å². The van der Waals surface area contributed by atoms with E-state index in [-0.39, 0.29) is 18.2 Å². The van der Waals surface area contributed by atoms with Crippen LogP contribution in [0.1, 0.15) is 25.8 Å². The van der Waals surface area contributed by atoms with Crippen LogP contribution in [0.2, 0.25) is 0 Å². The summed E-state index contributed by atoms with van der Waals surface area (Å²) in [6.07, 6.45) is 1.63. The molecule has 2 N–H and O–H groups in total. The van der Waals surface area contributed by atoms with Crippen LogP contribution < -0.4 is 5.32 Å². The van der Waals surface area contributed by atoms with Crippen LogP contribution >= 0.6 is 11.8 Å². The molecule has 100 valence electrons. The minimum atomic E-state index is -0.566. The summed E-state index contributed by atoms with van der Waals surface area (Å²) in [4.78, 5) is 12.8. The van der Waals surface area contributed by atoms with Gasteiger partial charge < -0.3 is 10.4 Å². The molecular weight excluding hydrogens is 246 g/mol. The second-order valence-corrected chi connectivity index (χ2v) is 5.52. The molecule has 0 spiro atoms. The molecule has 0 aliphatic rings. The number of amides is 1. The van der Waals surface area contributed by atoms with Crippen LogP contribution in [0, 0.1) is 5.92 Å². The number of carbonyl (C=O) groups is 1. The molecule has 0 aliphatic carbocycles. The Morgan fingerprint density at radius 2 is 1.94 bits per heavy atom. The maximum absolute atomic E-state index is 11.6. The predicted octanol–water partition coefficient (Wildman–Crippen LogP) is 2.43. The first-order chi connectivity index (χ1) is 8.52. The van der Waals surface area contributed by atoms with Gasteiger partial charge in [-0.15, -0.1) is 11.8 Å². The highest BCUT2D eigenvalue weighted by atomic mass is 32.2. The van der Waals surface area contributed by atoms with E-state index in [1.54, 1.807) is 11.8 Å². The Morgan fingerprint density at radius 1 is 1.33 bits per heavy atom. The molecule has 0 radical (unpaired) electrons. The van der Waals surface area contributed by atoms with Crippen molar-refractivity contribution in [3.8, 4) is 0 Å². The standard InChI is InChI=1S/C14H21NO2S/c1-10(2)13(16)8-14(17)15-9-11-4-6-12(18-3)7-5-11/h4-7,10,13,16H,8-9H2,1-3H3,(H,15,17). The Morgan fingerprint density at radius 3 is 2.44 bits per heavy atom. The predicted molar refractivity (Wildman–Crippen MR) is 75.5 cm³/mol. The Bertz CT molecular complexity index is 376. The van der Waals surface area contributed by atoms with E-state index >= 15 is 0 Å². The maximum Gasteiger partial charge on any atom is 0.222 e. The van der Waals surface area contributed by atoms with E-state index < -0.39 is 6.10 Å². The van der Waals surface area contributed by atoms with Crippen molar-refractivity contribution < 1.29 is 9.90 Å². The summed E-state index contributed by atoms with van der Waals surface area (Å²) in [7, 11) is 0. The van der Waals surface area contributed by atoms with Crippen LogP contribution in [-0.2, 0) is 11.3 Å². The van der Waals surface area contributed by atoms with Crippen molar-refractivity contribution >= 4 is 17.7 Å². The number of aliphatic hydroxyl groups excluding tert-OH is 1. The third-order valence-corrected chi connectivity index (χ3v) is 3.56. The normalized spacial score (nSPS) is 12.5. The lowest BCUT2D eigenvalue weighted by atomic mass is 10.0. The first-order valence-electron chi connectivity index (χ1n) is 6.10. The number of hydrogen-bond acceptors (Lipinski definition) is 3. The van der Waals surface area contributed by atoms with Gasteiger partial charge in [0, 0.05) is 11.4 Å². The number of carbonyl (C=O) groups excluding carboxylic acids is 1. The van der Waals surface area contributed by atoms with Gasteiger partial charge in [0.25, 0.3) is 0 Å². The van der Waals surface area contributed by atoms with E-state index in [1.807, 2.05) is 44.4 Å². The van der Waals surface area contributed by atoms with Crippen LogP contribution in [0.3, 0.4) is 0 Å². The summed E-state index contributed by atoms with van der Waals surface area (Å²) in [5, 5.41) is 12.4. The summed E-state index contributed by atoms with van der Waals surface area (Å²) < 4.78 is 0. The molecule has 4 heteroatoms. The molecule has 1 unspecified atom stereocenters. The van der Waals surface area contributed by atoms with Crippen molar-refractivity contribution in [3.63, 3.8) is 0 Å². The average molecular weight is 267 g/mol. The van der Waals surface area contributed by atoms with Crippen LogP contribution in [0.4, 0.5) is 0 Å².